The predicted octanol–water partition coefficient (Wildman–Crippen LogP) is 1.90. The van der Waals surface area contributed by atoms with Crippen LogP contribution in [0.5, 0.6) is 5.75 Å². The number of nitrogens with zero attached hydrogens (tertiary/aromatic N) is 3. The van der Waals surface area contributed by atoms with Crippen molar-refractivity contribution in [2.24, 2.45) is 5.10 Å². The van der Waals surface area contributed by atoms with Gasteiger partial charge in [-0.3, -0.25) is 9.80 Å². The van der Waals surface area contributed by atoms with Crippen molar-refractivity contribution in [1.29, 1.82) is 0 Å². The summed E-state index contributed by atoms with van der Waals surface area (Å²) in [5, 5.41) is 15.9. The Kier molecular flexibility index (Phi) is 5.15. The van der Waals surface area contributed by atoms with Crippen molar-refractivity contribution < 1.29 is 19.4 Å². The highest BCUT2D eigenvalue weighted by Crippen LogP contribution is 2.31. The number of carbonyl (C=O) groups is 2. The second-order valence-corrected chi connectivity index (χ2v) is 7.02. The number of carboxylic acids is 1. The number of hydrogen-bond acceptors (Lipinski definition) is 5. The molecule has 0 spiro atoms. The zero-order valence-corrected chi connectivity index (χ0v) is 15.3. The number of hydrazone groups is 1. The number of rotatable bonds is 5. The number of carboxylic acid groups (broad SMARTS) is 1. The van der Waals surface area contributed by atoms with E-state index in [0.717, 1.165) is 24.2 Å². The maximum absolute atomic E-state index is 12.5. The number of likely N-dealkylation sites (tertiary alicyclic amines) is 1. The normalized spacial score (nSPS) is 19.2. The van der Waals surface area contributed by atoms with E-state index >= 15 is 0 Å². The van der Waals surface area contributed by atoms with E-state index in [0.29, 0.717) is 18.8 Å². The van der Waals surface area contributed by atoms with Gasteiger partial charge in [-0.25, -0.2) is 4.79 Å². The lowest BCUT2D eigenvalue weighted by atomic mass is 9.90. The van der Waals surface area contributed by atoms with E-state index < -0.39 is 11.6 Å². The van der Waals surface area contributed by atoms with Crippen molar-refractivity contribution in [2.45, 2.75) is 38.7 Å². The highest BCUT2D eigenvalue weighted by molar-refractivity contribution is 5.84. The van der Waals surface area contributed by atoms with Crippen LogP contribution in [-0.2, 0) is 9.59 Å². The lowest BCUT2D eigenvalue weighted by molar-refractivity contribution is -0.162. The van der Waals surface area contributed by atoms with Crippen LogP contribution in [0, 0.1) is 6.92 Å². The van der Waals surface area contributed by atoms with Gasteiger partial charge in [0, 0.05) is 44.6 Å². The van der Waals surface area contributed by atoms with Crippen LogP contribution in [0.2, 0.25) is 0 Å². The van der Waals surface area contributed by atoms with Crippen molar-refractivity contribution in [2.75, 3.05) is 26.2 Å². The first-order chi connectivity index (χ1) is 12.4. The SMILES string of the molecule is CC1=NN(CC(=O)N2CCC(Oc3ccccc3C)(C(=O)O)CC2)CC1. The molecule has 7 heteroatoms. The zero-order valence-electron chi connectivity index (χ0n) is 15.3. The molecule has 3 rings (SSSR count). The summed E-state index contributed by atoms with van der Waals surface area (Å²) in [6.07, 6.45) is 1.43. The lowest BCUT2D eigenvalue weighted by Crippen LogP contribution is -2.55. The minimum Gasteiger partial charge on any atom is -0.478 e. The van der Waals surface area contributed by atoms with Crippen LogP contribution in [0.25, 0.3) is 0 Å². The molecule has 2 aliphatic heterocycles. The van der Waals surface area contributed by atoms with E-state index in [1.165, 1.54) is 0 Å². The molecule has 1 N–H and O–H groups in total. The van der Waals surface area contributed by atoms with Crippen molar-refractivity contribution in [3.05, 3.63) is 29.8 Å². The van der Waals surface area contributed by atoms with Crippen LogP contribution >= 0.6 is 0 Å². The number of aliphatic carboxylic acids is 1. The Balaban J connectivity index is 1.63. The molecule has 26 heavy (non-hydrogen) atoms. The van der Waals surface area contributed by atoms with Gasteiger partial charge in [-0.15, -0.1) is 0 Å². The molecule has 0 aliphatic carbocycles. The summed E-state index contributed by atoms with van der Waals surface area (Å²) in [6.45, 7) is 5.59. The lowest BCUT2D eigenvalue weighted by Gasteiger charge is -2.39. The fraction of sp³-hybridized carbons (Fsp3) is 0.526. The third-order valence-corrected chi connectivity index (χ3v) is 5.07. The zero-order chi connectivity index (χ0) is 18.7. The van der Waals surface area contributed by atoms with Crippen LogP contribution in [-0.4, -0.2) is 64.4 Å². The number of amides is 1. The fourth-order valence-electron chi connectivity index (χ4n) is 3.36. The summed E-state index contributed by atoms with van der Waals surface area (Å²) in [7, 11) is 0. The standard InChI is InChI=1S/C19H25N3O4/c1-14-5-3-4-6-16(14)26-19(18(24)25)8-11-21(12-9-19)17(23)13-22-10-7-15(2)20-22/h3-6H,7-13H2,1-2H3,(H,24,25). The smallest absolute Gasteiger partial charge is 0.348 e. The highest BCUT2D eigenvalue weighted by atomic mass is 16.5. The van der Waals surface area contributed by atoms with Crippen LogP contribution < -0.4 is 4.74 Å². The van der Waals surface area contributed by atoms with Crippen LogP contribution in [0.4, 0.5) is 0 Å². The van der Waals surface area contributed by atoms with Crippen LogP contribution in [0.15, 0.2) is 29.4 Å². The summed E-state index contributed by atoms with van der Waals surface area (Å²) in [6, 6.07) is 7.39. The predicted molar refractivity (Wildman–Crippen MR) is 97.3 cm³/mol. The van der Waals surface area contributed by atoms with Gasteiger partial charge < -0.3 is 14.7 Å². The number of para-hydroxylation sites is 1. The first-order valence-electron chi connectivity index (χ1n) is 8.94. The van der Waals surface area contributed by atoms with Gasteiger partial charge >= 0.3 is 5.97 Å². The van der Waals surface area contributed by atoms with E-state index in [9.17, 15) is 14.7 Å². The third-order valence-electron chi connectivity index (χ3n) is 5.07. The molecule has 1 fully saturated rings. The molecule has 1 aromatic carbocycles. The maximum atomic E-state index is 12.5. The van der Waals surface area contributed by atoms with Gasteiger partial charge in [0.2, 0.25) is 11.5 Å². The van der Waals surface area contributed by atoms with E-state index in [-0.39, 0.29) is 25.3 Å². The summed E-state index contributed by atoms with van der Waals surface area (Å²) >= 11 is 0. The third kappa shape index (κ3) is 3.81. The van der Waals surface area contributed by atoms with Gasteiger partial charge in [0.05, 0.1) is 0 Å². The second kappa shape index (κ2) is 7.35. The van der Waals surface area contributed by atoms with E-state index in [4.69, 9.17) is 4.74 Å². The van der Waals surface area contributed by atoms with Crippen LogP contribution in [0.1, 0.15) is 31.7 Å². The molecule has 1 amide bonds. The first kappa shape index (κ1) is 18.2. The van der Waals surface area contributed by atoms with E-state index in [2.05, 4.69) is 5.10 Å². The highest BCUT2D eigenvalue weighted by Gasteiger charge is 2.45. The molecule has 0 saturated carbocycles. The molecule has 1 saturated heterocycles. The molecule has 0 radical (unpaired) electrons. The minimum atomic E-state index is -1.29. The second-order valence-electron chi connectivity index (χ2n) is 7.02. The van der Waals surface area contributed by atoms with Gasteiger partial charge in [-0.05, 0) is 25.5 Å². The van der Waals surface area contributed by atoms with Gasteiger partial charge in [0.15, 0.2) is 0 Å². The number of hydrogen-bond donors (Lipinski definition) is 1. The number of piperidine rings is 1. The first-order valence-corrected chi connectivity index (χ1v) is 8.94. The number of carbonyl (C=O) groups excluding carboxylic acids is 1. The molecule has 140 valence electrons. The van der Waals surface area contributed by atoms with Crippen molar-refractivity contribution in [3.8, 4) is 5.75 Å². The Morgan fingerprint density at radius 1 is 1.19 bits per heavy atom. The van der Waals surface area contributed by atoms with E-state index in [1.54, 1.807) is 16.0 Å². The summed E-state index contributed by atoms with van der Waals surface area (Å²) in [5.74, 6) is -0.414. The number of ether oxygens (including phenoxy) is 1. The van der Waals surface area contributed by atoms with Gasteiger partial charge in [-0.1, -0.05) is 18.2 Å². The molecule has 1 aromatic rings. The molecular weight excluding hydrogens is 334 g/mol. The minimum absolute atomic E-state index is 0.0154. The van der Waals surface area contributed by atoms with Crippen molar-refractivity contribution in [3.63, 3.8) is 0 Å². The Morgan fingerprint density at radius 2 is 1.88 bits per heavy atom. The Morgan fingerprint density at radius 3 is 2.46 bits per heavy atom. The molecule has 0 unspecified atom stereocenters. The molecule has 0 bridgehead atoms. The summed E-state index contributed by atoms with van der Waals surface area (Å²) in [5.41, 5.74) is 0.646. The summed E-state index contributed by atoms with van der Waals surface area (Å²) < 4.78 is 5.94. The number of aryl methyl sites for hydroxylation is 1. The molecule has 2 aliphatic rings. The van der Waals surface area contributed by atoms with E-state index in [1.807, 2.05) is 32.0 Å². The summed E-state index contributed by atoms with van der Waals surface area (Å²) in [4.78, 5) is 26.1. The van der Waals surface area contributed by atoms with Gasteiger partial charge in [-0.2, -0.15) is 5.10 Å². The van der Waals surface area contributed by atoms with Gasteiger partial charge in [0.25, 0.3) is 0 Å². The molecule has 2 heterocycles. The fourth-order valence-corrected chi connectivity index (χ4v) is 3.36. The molecule has 0 aromatic heterocycles. The Bertz CT molecular complexity index is 723. The molecule has 0 atom stereocenters. The van der Waals surface area contributed by atoms with Crippen molar-refractivity contribution >= 4 is 17.6 Å². The molecular formula is C19H25N3O4. The number of benzene rings is 1. The average Bonchev–Trinajstić information content (AvgIpc) is 3.02. The van der Waals surface area contributed by atoms with Crippen LogP contribution in [0.3, 0.4) is 0 Å². The maximum Gasteiger partial charge on any atom is 0.348 e. The quantitative estimate of drug-likeness (QED) is 0.868. The van der Waals surface area contributed by atoms with Crippen molar-refractivity contribution in [1.82, 2.24) is 9.91 Å². The largest absolute Gasteiger partial charge is 0.478 e. The van der Waals surface area contributed by atoms with Gasteiger partial charge in [0.1, 0.15) is 12.3 Å². The topological polar surface area (TPSA) is 82.4 Å². The Hall–Kier alpha value is -2.57. The average molecular weight is 359 g/mol. The Labute approximate surface area is 153 Å². The monoisotopic (exact) mass is 359 g/mol. The molecule has 7 nitrogen and oxygen atoms in total.